The lowest BCUT2D eigenvalue weighted by atomic mass is 10.1. The average Bonchev–Trinajstić information content (AvgIpc) is 3.19. The van der Waals surface area contributed by atoms with Gasteiger partial charge in [0.25, 0.3) is 5.91 Å². The van der Waals surface area contributed by atoms with Gasteiger partial charge in [0.05, 0.1) is 18.8 Å². The van der Waals surface area contributed by atoms with Crippen LogP contribution in [0, 0.1) is 12.7 Å². The molecule has 2 N–H and O–H groups in total. The van der Waals surface area contributed by atoms with Crippen LogP contribution in [0.25, 0.3) is 11.5 Å². The van der Waals surface area contributed by atoms with E-state index in [1.807, 2.05) is 17.7 Å². The normalized spacial score (nSPS) is 10.7. The number of rotatable bonds is 7. The molecule has 0 saturated carbocycles. The number of pyridine rings is 1. The average molecular weight is 432 g/mol. The number of halogens is 1. The molecule has 0 aliphatic heterocycles. The molecule has 3 aromatic heterocycles. The number of hydrogen-bond acceptors (Lipinski definition) is 7. The van der Waals surface area contributed by atoms with Crippen LogP contribution in [0.2, 0.25) is 0 Å². The summed E-state index contributed by atoms with van der Waals surface area (Å²) >= 11 is 0. The van der Waals surface area contributed by atoms with Gasteiger partial charge in [-0.25, -0.2) is 14.4 Å². The number of aryl methyl sites for hydroxylation is 1. The summed E-state index contributed by atoms with van der Waals surface area (Å²) in [5, 5.41) is 14.4. The zero-order valence-corrected chi connectivity index (χ0v) is 17.6. The summed E-state index contributed by atoms with van der Waals surface area (Å²) in [6.07, 6.45) is 4.63. The quantitative estimate of drug-likeness (QED) is 0.462. The van der Waals surface area contributed by atoms with Crippen molar-refractivity contribution in [3.8, 4) is 11.5 Å². The van der Waals surface area contributed by atoms with Gasteiger partial charge >= 0.3 is 0 Å². The van der Waals surface area contributed by atoms with Crippen molar-refractivity contribution in [1.29, 1.82) is 0 Å². The van der Waals surface area contributed by atoms with Gasteiger partial charge in [0.1, 0.15) is 17.8 Å². The van der Waals surface area contributed by atoms with Gasteiger partial charge in [-0.05, 0) is 42.8 Å². The summed E-state index contributed by atoms with van der Waals surface area (Å²) in [7, 11) is 1.86. The first kappa shape index (κ1) is 21.0. The van der Waals surface area contributed by atoms with Crippen LogP contribution in [0.4, 0.5) is 10.1 Å². The number of benzene rings is 1. The highest BCUT2D eigenvalue weighted by Gasteiger charge is 2.13. The third kappa shape index (κ3) is 4.59. The van der Waals surface area contributed by atoms with Gasteiger partial charge < -0.3 is 15.2 Å². The summed E-state index contributed by atoms with van der Waals surface area (Å²) in [6.45, 7) is 2.07. The van der Waals surface area contributed by atoms with E-state index in [0.717, 1.165) is 5.69 Å². The Balaban J connectivity index is 1.40. The number of nitrogens with one attached hydrogen (secondary N) is 2. The van der Waals surface area contributed by atoms with Crippen molar-refractivity contribution in [2.24, 2.45) is 7.05 Å². The van der Waals surface area contributed by atoms with E-state index in [1.54, 1.807) is 43.5 Å². The Labute approximate surface area is 183 Å². The van der Waals surface area contributed by atoms with Gasteiger partial charge in [-0.15, -0.1) is 10.2 Å². The second-order valence-electron chi connectivity index (χ2n) is 7.10. The van der Waals surface area contributed by atoms with Crippen LogP contribution in [-0.4, -0.2) is 35.6 Å². The van der Waals surface area contributed by atoms with E-state index in [9.17, 15) is 9.18 Å². The van der Waals surface area contributed by atoms with Gasteiger partial charge in [0.2, 0.25) is 0 Å². The highest BCUT2D eigenvalue weighted by Crippen LogP contribution is 2.16. The first-order valence-corrected chi connectivity index (χ1v) is 9.89. The molecule has 1 aromatic carbocycles. The second kappa shape index (κ2) is 9.29. The number of amides is 1. The van der Waals surface area contributed by atoms with Crippen molar-refractivity contribution in [2.45, 2.75) is 20.0 Å². The number of carbonyl (C=O) groups excluding carboxylic acids is 1. The van der Waals surface area contributed by atoms with Gasteiger partial charge in [-0.2, -0.15) is 0 Å². The molecule has 0 aliphatic carbocycles. The molecular weight excluding hydrogens is 411 g/mol. The summed E-state index contributed by atoms with van der Waals surface area (Å²) in [4.78, 5) is 24.6. The lowest BCUT2D eigenvalue weighted by Crippen LogP contribution is -2.24. The third-order valence-electron chi connectivity index (χ3n) is 4.92. The Morgan fingerprint density at radius 2 is 1.97 bits per heavy atom. The molecule has 32 heavy (non-hydrogen) atoms. The molecule has 3 heterocycles. The molecular formula is C22H21FN8O. The molecule has 4 aromatic rings. The first-order valence-electron chi connectivity index (χ1n) is 9.89. The smallest absolute Gasteiger partial charge is 0.251 e. The number of anilines is 1. The Bertz CT molecular complexity index is 1240. The van der Waals surface area contributed by atoms with Crippen LogP contribution in [0.15, 0.2) is 55.1 Å². The maximum absolute atomic E-state index is 14.1. The largest absolute Gasteiger partial charge is 0.378 e. The lowest BCUT2D eigenvalue weighted by Gasteiger charge is -2.10. The maximum atomic E-state index is 14.1. The van der Waals surface area contributed by atoms with Crippen molar-refractivity contribution in [3.05, 3.63) is 83.6 Å². The van der Waals surface area contributed by atoms with Crippen LogP contribution >= 0.6 is 0 Å². The fraction of sp³-hybridized carbons (Fsp3) is 0.182. The van der Waals surface area contributed by atoms with Gasteiger partial charge in [0.15, 0.2) is 11.6 Å². The van der Waals surface area contributed by atoms with Crippen molar-refractivity contribution < 1.29 is 9.18 Å². The number of hydrogen-bond donors (Lipinski definition) is 2. The van der Waals surface area contributed by atoms with Crippen molar-refractivity contribution in [1.82, 2.24) is 35.0 Å². The molecule has 9 nitrogen and oxygen atoms in total. The Morgan fingerprint density at radius 3 is 2.78 bits per heavy atom. The fourth-order valence-electron chi connectivity index (χ4n) is 3.10. The van der Waals surface area contributed by atoms with E-state index in [1.165, 1.54) is 12.5 Å². The Morgan fingerprint density at radius 1 is 1.09 bits per heavy atom. The number of nitrogens with zero attached hydrogens (tertiary/aromatic N) is 6. The predicted octanol–water partition coefficient (Wildman–Crippen LogP) is 2.66. The lowest BCUT2D eigenvalue weighted by molar-refractivity contribution is 0.0950. The topological polar surface area (TPSA) is 111 Å². The van der Waals surface area contributed by atoms with Crippen molar-refractivity contribution in [2.75, 3.05) is 5.32 Å². The SMILES string of the molecule is Cc1ccnc(CNC(=O)c2cccc(NCc3nnc(-c4ccncn4)n3C)c2)c1F. The minimum Gasteiger partial charge on any atom is -0.378 e. The summed E-state index contributed by atoms with van der Waals surface area (Å²) < 4.78 is 15.9. The summed E-state index contributed by atoms with van der Waals surface area (Å²) in [5.41, 5.74) is 2.56. The van der Waals surface area contributed by atoms with E-state index in [-0.39, 0.29) is 18.1 Å². The van der Waals surface area contributed by atoms with E-state index >= 15 is 0 Å². The highest BCUT2D eigenvalue weighted by molar-refractivity contribution is 5.95. The Kier molecular flexibility index (Phi) is 6.11. The summed E-state index contributed by atoms with van der Waals surface area (Å²) in [6, 6.07) is 10.4. The fourth-order valence-corrected chi connectivity index (χ4v) is 3.10. The molecule has 10 heteroatoms. The number of aromatic nitrogens is 6. The maximum Gasteiger partial charge on any atom is 0.251 e. The van der Waals surface area contributed by atoms with Crippen LogP contribution in [0.3, 0.4) is 0 Å². The molecule has 0 atom stereocenters. The second-order valence-corrected chi connectivity index (χ2v) is 7.10. The molecule has 162 valence electrons. The molecule has 4 rings (SSSR count). The molecule has 0 unspecified atom stereocenters. The zero-order valence-electron chi connectivity index (χ0n) is 17.6. The van der Waals surface area contributed by atoms with Crippen LogP contribution in [0.5, 0.6) is 0 Å². The molecule has 0 saturated heterocycles. The molecule has 1 amide bonds. The molecule has 0 fully saturated rings. The molecule has 0 radical (unpaired) electrons. The van der Waals surface area contributed by atoms with E-state index in [4.69, 9.17) is 0 Å². The zero-order chi connectivity index (χ0) is 22.5. The van der Waals surface area contributed by atoms with Gasteiger partial charge in [0, 0.05) is 30.7 Å². The van der Waals surface area contributed by atoms with E-state index in [2.05, 4.69) is 35.8 Å². The van der Waals surface area contributed by atoms with Crippen LogP contribution in [-0.2, 0) is 20.1 Å². The van der Waals surface area contributed by atoms with Crippen molar-refractivity contribution >= 4 is 11.6 Å². The predicted molar refractivity (Wildman–Crippen MR) is 116 cm³/mol. The monoisotopic (exact) mass is 432 g/mol. The standard InChI is InChI=1S/C22H21FN8O/c1-14-6-9-25-18(20(14)23)11-27-22(32)15-4-3-5-16(10-15)26-12-19-29-30-21(31(19)2)17-7-8-24-13-28-17/h3-10,13,26H,11-12H2,1-2H3,(H,27,32). The first-order chi connectivity index (χ1) is 15.5. The van der Waals surface area contributed by atoms with Crippen LogP contribution in [0.1, 0.15) is 27.4 Å². The van der Waals surface area contributed by atoms with E-state index in [0.29, 0.717) is 35.0 Å². The van der Waals surface area contributed by atoms with Crippen molar-refractivity contribution in [3.63, 3.8) is 0 Å². The van der Waals surface area contributed by atoms with Gasteiger partial charge in [-0.3, -0.25) is 9.78 Å². The van der Waals surface area contributed by atoms with E-state index < -0.39 is 5.82 Å². The molecule has 0 aliphatic rings. The minimum absolute atomic E-state index is 0.00869. The summed E-state index contributed by atoms with van der Waals surface area (Å²) in [5.74, 6) is 0.609. The highest BCUT2D eigenvalue weighted by atomic mass is 19.1. The minimum atomic E-state index is -0.409. The van der Waals surface area contributed by atoms with Crippen LogP contribution < -0.4 is 10.6 Å². The Hall–Kier alpha value is -4.21. The molecule has 0 bridgehead atoms. The third-order valence-corrected chi connectivity index (χ3v) is 4.92. The molecule has 0 spiro atoms. The number of carbonyl (C=O) groups is 1. The van der Waals surface area contributed by atoms with Gasteiger partial charge in [-0.1, -0.05) is 6.07 Å².